The van der Waals surface area contributed by atoms with Crippen LogP contribution < -0.4 is 14.0 Å². The molecule has 8 rings (SSSR count). The van der Waals surface area contributed by atoms with Crippen molar-refractivity contribution in [2.24, 2.45) is 10.3 Å². The van der Waals surface area contributed by atoms with E-state index in [0.29, 0.717) is 49.0 Å². The third-order valence-electron chi connectivity index (χ3n) is 11.1. The number of ether oxygens (including phenoxy) is 4. The molecule has 11 nitrogen and oxygen atoms in total. The number of halogens is 4. The van der Waals surface area contributed by atoms with Crippen LogP contribution in [0.2, 0.25) is 0 Å². The molecule has 306 valence electrons. The first-order valence-electron chi connectivity index (χ1n) is 19.1. The summed E-state index contributed by atoms with van der Waals surface area (Å²) in [5.74, 6) is -4.38. The minimum absolute atomic E-state index is 0.0615. The van der Waals surface area contributed by atoms with E-state index in [1.165, 1.54) is 18.3 Å². The van der Waals surface area contributed by atoms with Crippen molar-refractivity contribution in [1.82, 2.24) is 14.5 Å². The van der Waals surface area contributed by atoms with E-state index in [0.717, 1.165) is 46.2 Å². The Kier molecular flexibility index (Phi) is 11.0. The van der Waals surface area contributed by atoms with Crippen LogP contribution in [0, 0.1) is 23.3 Å². The fourth-order valence-corrected chi connectivity index (χ4v) is 7.91. The molecule has 4 heterocycles. The van der Waals surface area contributed by atoms with Gasteiger partial charge in [-0.05, 0) is 62.4 Å². The largest absolute Gasteiger partial charge is 0.490 e. The number of methoxy groups -OCH3 is 2. The van der Waals surface area contributed by atoms with Gasteiger partial charge in [-0.2, -0.15) is 4.48 Å². The van der Waals surface area contributed by atoms with Gasteiger partial charge in [0, 0.05) is 71.7 Å². The van der Waals surface area contributed by atoms with Crippen molar-refractivity contribution in [3.05, 3.63) is 155 Å². The first-order valence-corrected chi connectivity index (χ1v) is 19.1. The quantitative estimate of drug-likeness (QED) is 0.0612. The van der Waals surface area contributed by atoms with E-state index in [2.05, 4.69) is 15.1 Å². The van der Waals surface area contributed by atoms with Crippen LogP contribution in [0.1, 0.15) is 37.1 Å². The Morgan fingerprint density at radius 1 is 0.617 bits per heavy atom. The lowest BCUT2D eigenvalue weighted by atomic mass is 9.94. The zero-order chi connectivity index (χ0) is 42.2. The zero-order valence-corrected chi connectivity index (χ0v) is 33.1. The van der Waals surface area contributed by atoms with Crippen molar-refractivity contribution in [2.75, 3.05) is 40.6 Å². The molecule has 60 heavy (non-hydrogen) atoms. The summed E-state index contributed by atoms with van der Waals surface area (Å²) in [7, 11) is 3.17. The maximum Gasteiger partial charge on any atom is 0.419 e. The first-order chi connectivity index (χ1) is 29.0. The van der Waals surface area contributed by atoms with E-state index < -0.39 is 50.3 Å². The molecule has 0 saturated heterocycles. The molecule has 0 fully saturated rings. The normalized spacial score (nSPS) is 16.4. The second-order valence-electron chi connectivity index (χ2n) is 14.5. The Hall–Kier alpha value is -6.39. The summed E-state index contributed by atoms with van der Waals surface area (Å²) in [4.78, 5) is 25.0. The topological polar surface area (TPSA) is 104 Å². The number of aromatic nitrogens is 2. The fraction of sp³-hybridized carbons (Fsp3) is 0.222. The van der Waals surface area contributed by atoms with Crippen LogP contribution in [0.4, 0.5) is 28.9 Å². The van der Waals surface area contributed by atoms with E-state index in [-0.39, 0.29) is 22.8 Å². The van der Waals surface area contributed by atoms with Crippen LogP contribution in [0.15, 0.2) is 131 Å². The van der Waals surface area contributed by atoms with Crippen LogP contribution in [-0.4, -0.2) is 61.1 Å². The third-order valence-corrected chi connectivity index (χ3v) is 11.1. The van der Waals surface area contributed by atoms with E-state index in [1.54, 1.807) is 32.7 Å². The number of quaternary nitrogens is 2. The fourth-order valence-electron chi connectivity index (χ4n) is 7.91. The van der Waals surface area contributed by atoms with Crippen LogP contribution >= 0.6 is 0 Å². The lowest BCUT2D eigenvalue weighted by molar-refractivity contribution is -0.951. The van der Waals surface area contributed by atoms with Crippen LogP contribution in [0.3, 0.4) is 0 Å². The average molecular weight is 821 g/mol. The molecule has 2 aliphatic heterocycles. The van der Waals surface area contributed by atoms with Gasteiger partial charge in [-0.1, -0.05) is 17.2 Å². The monoisotopic (exact) mass is 820 g/mol. The molecule has 2 aromatic heterocycles. The summed E-state index contributed by atoms with van der Waals surface area (Å²) in [6, 6.07) is 19.8. The first kappa shape index (κ1) is 40.4. The van der Waals surface area contributed by atoms with Crippen LogP contribution in [0.25, 0.3) is 21.8 Å². The lowest BCUT2D eigenvalue weighted by Gasteiger charge is -2.42. The van der Waals surface area contributed by atoms with Gasteiger partial charge in [0.15, 0.2) is 40.3 Å². The summed E-state index contributed by atoms with van der Waals surface area (Å²) in [5, 5.41) is 11.1. The van der Waals surface area contributed by atoms with Crippen molar-refractivity contribution in [2.45, 2.75) is 25.9 Å². The summed E-state index contributed by atoms with van der Waals surface area (Å²) in [6.07, 6.45) is 6.21. The van der Waals surface area contributed by atoms with Crippen molar-refractivity contribution < 1.29 is 45.9 Å². The number of nitrogens with zero attached hydrogens (tertiary/aromatic N) is 6. The second kappa shape index (κ2) is 16.3. The van der Waals surface area contributed by atoms with E-state index in [1.807, 2.05) is 62.4 Å². The molecule has 0 saturated carbocycles. The number of benzene rings is 4. The van der Waals surface area contributed by atoms with Gasteiger partial charge in [0.2, 0.25) is 0 Å². The maximum absolute atomic E-state index is 15.8. The van der Waals surface area contributed by atoms with Gasteiger partial charge >= 0.3 is 5.91 Å². The van der Waals surface area contributed by atoms with Gasteiger partial charge in [-0.3, -0.25) is 9.97 Å². The van der Waals surface area contributed by atoms with Crippen LogP contribution in [-0.2, 0) is 14.3 Å². The summed E-state index contributed by atoms with van der Waals surface area (Å²) in [6.45, 7) is 5.25. The minimum atomic E-state index is -1.23. The average Bonchev–Trinajstić information content (AvgIpc) is 3.66. The number of hydrogen-bond donors (Lipinski definition) is 0. The van der Waals surface area contributed by atoms with Crippen molar-refractivity contribution in [3.63, 3.8) is 0 Å². The molecule has 0 bridgehead atoms. The highest BCUT2D eigenvalue weighted by molar-refractivity contribution is 6.08. The molecule has 2 aliphatic rings. The van der Waals surface area contributed by atoms with Gasteiger partial charge in [0.05, 0.1) is 36.6 Å². The molecule has 0 unspecified atom stereocenters. The molecule has 0 N–H and O–H groups in total. The molecule has 4 aromatic carbocycles. The van der Waals surface area contributed by atoms with Crippen molar-refractivity contribution in [3.8, 4) is 11.5 Å². The van der Waals surface area contributed by atoms with Gasteiger partial charge in [-0.25, -0.2) is 22.4 Å². The highest BCUT2D eigenvalue weighted by Crippen LogP contribution is 2.54. The van der Waals surface area contributed by atoms with Crippen molar-refractivity contribution in [1.29, 1.82) is 0 Å². The standard InChI is InChI=1S/C45H40F4N6O5/c1-27(29-5-11-41-31(19-29)21-35(25-50-41)59-17-15-57-3)55(28(2)30-6-12-42-32(20-30)22-36(26-51-42)60-18-16-58-4)44-43(52-53-55)13-14-54(45(44)56,33-7-9-37(46)39(48)23-33)34-8-10-38(47)40(49)24-34/h5-14,19-28H,15-18H2,1-4H3/q+2/t27-,28-/m1/s1. The van der Waals surface area contributed by atoms with Crippen molar-refractivity contribution >= 4 is 39.1 Å². The van der Waals surface area contributed by atoms with Gasteiger partial charge in [0.25, 0.3) is 5.70 Å². The highest BCUT2D eigenvalue weighted by Gasteiger charge is 2.62. The predicted octanol–water partition coefficient (Wildman–Crippen LogP) is 10.0. The molecular weight excluding hydrogens is 781 g/mol. The SMILES string of the molecule is COCCOc1cnc2ccc([C@@H](C)[N+]3([C@H](C)c4ccc5ncc(OCCOC)cc5c4)N=NC4=C3C(=O)[N+](c3ccc(F)c(F)c3)(c3ccc(F)c(F)c3)C=C4)cc2c1. The number of carbonyl (C=O) groups is 1. The Balaban J connectivity index is 1.32. The molecule has 1 amide bonds. The number of carbonyl (C=O) groups excluding carboxylic acids is 1. The molecule has 15 heteroatoms. The third kappa shape index (κ3) is 6.98. The predicted molar refractivity (Wildman–Crippen MR) is 216 cm³/mol. The molecule has 6 aromatic rings. The smallest absolute Gasteiger partial charge is 0.419 e. The van der Waals surface area contributed by atoms with E-state index in [4.69, 9.17) is 24.2 Å². The summed E-state index contributed by atoms with van der Waals surface area (Å²) < 4.78 is 79.8. The van der Waals surface area contributed by atoms with E-state index in [9.17, 15) is 8.78 Å². The number of rotatable bonds is 14. The Labute approximate surface area is 342 Å². The second-order valence-corrected chi connectivity index (χ2v) is 14.5. The molecule has 0 aliphatic carbocycles. The molecule has 0 radical (unpaired) electrons. The lowest BCUT2D eigenvalue weighted by Crippen LogP contribution is -2.56. The minimum Gasteiger partial charge on any atom is -0.490 e. The highest BCUT2D eigenvalue weighted by atomic mass is 19.2. The number of fused-ring (bicyclic) bond motifs is 2. The van der Waals surface area contributed by atoms with E-state index >= 15 is 13.6 Å². The molecule has 0 spiro atoms. The summed E-state index contributed by atoms with van der Waals surface area (Å²) in [5.41, 5.74) is 3.05. The number of allylic oxidation sites excluding steroid dienone is 1. The Bertz CT molecular complexity index is 2590. The van der Waals surface area contributed by atoms with Gasteiger partial charge in [0.1, 0.15) is 43.0 Å². The molecule has 2 atom stereocenters. The summed E-state index contributed by atoms with van der Waals surface area (Å²) >= 11 is 0. The number of pyridine rings is 2. The number of amides is 1. The Morgan fingerprint density at radius 2 is 1.12 bits per heavy atom. The van der Waals surface area contributed by atoms with Crippen LogP contribution in [0.5, 0.6) is 11.5 Å². The molecular formula is C45H40F4N6O5+2. The maximum atomic E-state index is 15.8. The number of hydrogen-bond acceptors (Lipinski definition) is 9. The van der Waals surface area contributed by atoms with Gasteiger partial charge in [-0.15, -0.1) is 4.59 Å². The zero-order valence-electron chi connectivity index (χ0n) is 33.1. The van der Waals surface area contributed by atoms with Gasteiger partial charge < -0.3 is 18.9 Å². The Morgan fingerprint density at radius 3 is 1.58 bits per heavy atom.